The Hall–Kier alpha value is -2.80. The van der Waals surface area contributed by atoms with Crippen molar-refractivity contribution < 1.29 is 124 Å². The highest BCUT2D eigenvalue weighted by atomic mass is 16.8. The quantitative estimate of drug-likeness (QED) is 0.0651. The summed E-state index contributed by atoms with van der Waals surface area (Å²) >= 11 is 0. The number of carbonyl (C=O) groups excluding carboxylic acids is 1. The first-order chi connectivity index (χ1) is 23.7. The van der Waals surface area contributed by atoms with Crippen LogP contribution in [0.5, 0.6) is 0 Å². The molecule has 294 valence electrons. The van der Waals surface area contributed by atoms with E-state index in [0.29, 0.717) is 0 Å². The van der Waals surface area contributed by atoms with Gasteiger partial charge in [-0.1, -0.05) is 0 Å². The van der Waals surface area contributed by atoms with Crippen molar-refractivity contribution in [1.29, 1.82) is 0 Å². The standard InChI is InChI=1S/C26H40O25/c27-2-6-11(32)15(36)17(38)22(47-6)49-19-13(34)7(3-28)50-26(19,5-29)51-23-18(39)16(37)12(33)8(48-23)4-46-21(42)14(35)10(20(40)41)25(45,24(43)44)1-9(30)31/h6-8,10-19,22-23,27-29,32-39,45H,1-5H2,(H,30,31)(H,40,41)(H,43,44)/t6-,7-,8-,10?,11-,12-,13-,14?,15+,16+,17-,18-,19+,22-,23-,25?,26+/m1/s1. The van der Waals surface area contributed by atoms with Gasteiger partial charge in [0, 0.05) is 0 Å². The van der Waals surface area contributed by atoms with Crippen LogP contribution in [0.25, 0.3) is 0 Å². The van der Waals surface area contributed by atoms with Crippen molar-refractivity contribution >= 4 is 23.9 Å². The number of carbonyl (C=O) groups is 4. The smallest absolute Gasteiger partial charge is 0.337 e. The number of ether oxygens (including phenoxy) is 6. The Morgan fingerprint density at radius 3 is 1.75 bits per heavy atom. The molecule has 25 nitrogen and oxygen atoms in total. The SMILES string of the molecule is O=C(O)CC(O)(C(=O)O)C(C(=O)O)C(O)C(=O)OC[C@H]1O[C@H](O[C@]2(CO)O[C@H](CO)[C@@H](O)[C@@H]2O[C@H]2O[C@H](CO)[C@@H](O)[C@H](O)[C@H]2O)[C@H](O)[C@@H](O)[C@@H]1O. The number of hydrogen-bond acceptors (Lipinski definition) is 22. The third-order valence-corrected chi connectivity index (χ3v) is 8.51. The first-order valence-electron chi connectivity index (χ1n) is 14.9. The van der Waals surface area contributed by atoms with Crippen molar-refractivity contribution in [2.45, 2.75) is 104 Å². The fourth-order valence-corrected chi connectivity index (χ4v) is 5.64. The molecule has 0 radical (unpaired) electrons. The van der Waals surface area contributed by atoms with Gasteiger partial charge in [0.2, 0.25) is 5.79 Å². The van der Waals surface area contributed by atoms with E-state index in [1.54, 1.807) is 0 Å². The van der Waals surface area contributed by atoms with Gasteiger partial charge in [0.1, 0.15) is 86.3 Å². The normalized spacial score (nSPS) is 40.9. The van der Waals surface area contributed by atoms with E-state index in [4.69, 9.17) is 28.8 Å². The Labute approximate surface area is 284 Å². The Balaban J connectivity index is 1.83. The molecule has 25 heteroatoms. The molecule has 3 unspecified atom stereocenters. The largest absolute Gasteiger partial charge is 0.481 e. The first kappa shape index (κ1) is 42.6. The summed E-state index contributed by atoms with van der Waals surface area (Å²) < 4.78 is 31.7. The van der Waals surface area contributed by atoms with Gasteiger partial charge in [-0.15, -0.1) is 0 Å². The molecule has 0 aromatic carbocycles. The number of carboxylic acids is 3. The van der Waals surface area contributed by atoms with E-state index in [1.165, 1.54) is 0 Å². The van der Waals surface area contributed by atoms with Crippen molar-refractivity contribution in [1.82, 2.24) is 0 Å². The van der Waals surface area contributed by atoms with Crippen LogP contribution in [0.15, 0.2) is 0 Å². The molecule has 3 saturated heterocycles. The molecule has 3 aliphatic rings. The molecule has 3 aliphatic heterocycles. The molecule has 51 heavy (non-hydrogen) atoms. The second kappa shape index (κ2) is 16.9. The van der Waals surface area contributed by atoms with Crippen molar-refractivity contribution in [3.63, 3.8) is 0 Å². The summed E-state index contributed by atoms with van der Waals surface area (Å²) in [5, 5.41) is 151. The highest BCUT2D eigenvalue weighted by molar-refractivity contribution is 5.93. The third-order valence-electron chi connectivity index (χ3n) is 8.51. The Morgan fingerprint density at radius 1 is 0.725 bits per heavy atom. The van der Waals surface area contributed by atoms with Gasteiger partial charge in [0.05, 0.1) is 19.6 Å². The summed E-state index contributed by atoms with van der Waals surface area (Å²) in [5.41, 5.74) is -3.75. The summed E-state index contributed by atoms with van der Waals surface area (Å²) in [7, 11) is 0. The second-order valence-corrected chi connectivity index (χ2v) is 11.9. The van der Waals surface area contributed by atoms with Gasteiger partial charge >= 0.3 is 23.9 Å². The molecule has 0 bridgehead atoms. The zero-order valence-corrected chi connectivity index (χ0v) is 26.0. The van der Waals surface area contributed by atoms with Crippen LogP contribution in [0.1, 0.15) is 6.42 Å². The van der Waals surface area contributed by atoms with E-state index in [2.05, 4.69) is 4.74 Å². The van der Waals surface area contributed by atoms with E-state index in [-0.39, 0.29) is 0 Å². The first-order valence-corrected chi connectivity index (χ1v) is 14.9. The molecule has 3 fully saturated rings. The summed E-state index contributed by atoms with van der Waals surface area (Å²) in [6, 6.07) is 0. The van der Waals surface area contributed by atoms with Crippen LogP contribution in [0.4, 0.5) is 0 Å². The average Bonchev–Trinajstić information content (AvgIpc) is 3.33. The van der Waals surface area contributed by atoms with Gasteiger partial charge in [-0.25, -0.2) is 9.59 Å². The number of carboxylic acid groups (broad SMARTS) is 3. The van der Waals surface area contributed by atoms with Crippen molar-refractivity contribution in [2.75, 3.05) is 26.4 Å². The average molecular weight is 753 g/mol. The van der Waals surface area contributed by atoms with E-state index in [0.717, 1.165) is 0 Å². The second-order valence-electron chi connectivity index (χ2n) is 11.9. The van der Waals surface area contributed by atoms with Gasteiger partial charge in [-0.3, -0.25) is 9.59 Å². The van der Waals surface area contributed by atoms with Gasteiger partial charge < -0.3 is 105 Å². The lowest BCUT2D eigenvalue weighted by molar-refractivity contribution is -0.400. The molecule has 0 aliphatic carbocycles. The molecule has 0 saturated carbocycles. The highest BCUT2D eigenvalue weighted by Gasteiger charge is 2.62. The van der Waals surface area contributed by atoms with Crippen LogP contribution < -0.4 is 0 Å². The number of aliphatic hydroxyl groups excluding tert-OH is 11. The predicted molar refractivity (Wildman–Crippen MR) is 147 cm³/mol. The lowest BCUT2D eigenvalue weighted by Gasteiger charge is -2.45. The molecule has 0 amide bonds. The molecule has 0 spiro atoms. The van der Waals surface area contributed by atoms with Crippen LogP contribution >= 0.6 is 0 Å². The maximum absolute atomic E-state index is 12.6. The Kier molecular flexibility index (Phi) is 14.1. The fraction of sp³-hybridized carbons (Fsp3) is 0.846. The molecule has 3 rings (SSSR count). The van der Waals surface area contributed by atoms with Crippen LogP contribution in [-0.2, 0) is 47.6 Å². The molecular formula is C26H40O25. The Bertz CT molecular complexity index is 1230. The maximum atomic E-state index is 12.6. The van der Waals surface area contributed by atoms with Crippen molar-refractivity contribution in [3.8, 4) is 0 Å². The summed E-state index contributed by atoms with van der Waals surface area (Å²) in [4.78, 5) is 46.9. The minimum absolute atomic E-state index is 0.902. The topological polar surface area (TPSA) is 427 Å². The van der Waals surface area contributed by atoms with Crippen molar-refractivity contribution in [2.24, 2.45) is 5.92 Å². The van der Waals surface area contributed by atoms with Gasteiger partial charge in [0.15, 0.2) is 24.3 Å². The Morgan fingerprint density at radius 2 is 1.25 bits per heavy atom. The van der Waals surface area contributed by atoms with Gasteiger partial charge in [-0.05, 0) is 0 Å². The molecule has 0 aromatic rings. The van der Waals surface area contributed by atoms with E-state index in [9.17, 15) is 90.7 Å². The number of rotatable bonds is 16. The minimum Gasteiger partial charge on any atom is -0.481 e. The molecule has 0 aromatic heterocycles. The van der Waals surface area contributed by atoms with Gasteiger partial charge in [-0.2, -0.15) is 0 Å². The highest BCUT2D eigenvalue weighted by Crippen LogP contribution is 2.39. The molecular weight excluding hydrogens is 712 g/mol. The third kappa shape index (κ3) is 8.55. The van der Waals surface area contributed by atoms with E-state index >= 15 is 0 Å². The number of aliphatic hydroxyl groups is 12. The van der Waals surface area contributed by atoms with Crippen LogP contribution in [0.2, 0.25) is 0 Å². The number of aliphatic carboxylic acids is 3. The predicted octanol–water partition coefficient (Wildman–Crippen LogP) is -9.67. The van der Waals surface area contributed by atoms with E-state index in [1.807, 2.05) is 0 Å². The molecule has 17 atom stereocenters. The summed E-state index contributed by atoms with van der Waals surface area (Å²) in [6.45, 7) is -4.51. The van der Waals surface area contributed by atoms with E-state index < -0.39 is 160 Å². The zero-order valence-electron chi connectivity index (χ0n) is 26.0. The van der Waals surface area contributed by atoms with Gasteiger partial charge in [0.25, 0.3) is 0 Å². The fourth-order valence-electron chi connectivity index (χ4n) is 5.64. The van der Waals surface area contributed by atoms with Crippen LogP contribution in [-0.4, -0.2) is 224 Å². The lowest BCUT2D eigenvalue weighted by atomic mass is 9.80. The summed E-state index contributed by atoms with van der Waals surface area (Å²) in [6.07, 6.45) is -30.9. The van der Waals surface area contributed by atoms with Crippen molar-refractivity contribution in [3.05, 3.63) is 0 Å². The van der Waals surface area contributed by atoms with Crippen LogP contribution in [0, 0.1) is 5.92 Å². The number of esters is 1. The summed E-state index contributed by atoms with van der Waals surface area (Å²) in [5.74, 6) is -14.6. The number of hydrogen-bond donors (Lipinski definition) is 15. The lowest BCUT2D eigenvalue weighted by Crippen LogP contribution is -2.64. The minimum atomic E-state index is -3.75. The molecule has 15 N–H and O–H groups in total. The monoisotopic (exact) mass is 752 g/mol. The molecule has 3 heterocycles. The van der Waals surface area contributed by atoms with Crippen LogP contribution in [0.3, 0.4) is 0 Å². The zero-order chi connectivity index (χ0) is 38.7. The maximum Gasteiger partial charge on any atom is 0.337 e.